The topological polar surface area (TPSA) is 41.1 Å². The summed E-state index contributed by atoms with van der Waals surface area (Å²) >= 11 is 1.84. The summed E-state index contributed by atoms with van der Waals surface area (Å²) in [6.45, 7) is 7.55. The van der Waals surface area contributed by atoms with Gasteiger partial charge in [0.2, 0.25) is 5.91 Å². The number of carbonyl (C=O) groups excluding carboxylic acids is 1. The molecule has 2 unspecified atom stereocenters. The molecule has 1 aliphatic rings. The van der Waals surface area contributed by atoms with Crippen molar-refractivity contribution in [3.05, 3.63) is 35.9 Å². The Kier molecular flexibility index (Phi) is 5.71. The second-order valence-corrected chi connectivity index (χ2v) is 7.97. The monoisotopic (exact) mass is 306 g/mol. The van der Waals surface area contributed by atoms with Gasteiger partial charge in [-0.15, -0.1) is 0 Å². The van der Waals surface area contributed by atoms with Crippen LogP contribution in [0.2, 0.25) is 0 Å². The van der Waals surface area contributed by atoms with Gasteiger partial charge in [0.15, 0.2) is 0 Å². The van der Waals surface area contributed by atoms with Gasteiger partial charge in [0, 0.05) is 18.1 Å². The standard InChI is InChI=1S/C17H26N2OS/c1-17(2,3)11-14(13-7-5-4-6-8-13)19-16(20)15-12-21-10-9-18-15/h4-8,14-15,18H,9-12H2,1-3H3,(H,19,20). The summed E-state index contributed by atoms with van der Waals surface area (Å²) in [6.07, 6.45) is 0.933. The second-order valence-electron chi connectivity index (χ2n) is 6.82. The first kappa shape index (κ1) is 16.4. The Hall–Kier alpha value is -1.00. The fourth-order valence-electron chi connectivity index (χ4n) is 2.56. The highest BCUT2D eigenvalue weighted by Gasteiger charge is 2.26. The third-order valence-corrected chi connectivity index (χ3v) is 4.63. The van der Waals surface area contributed by atoms with Crippen LogP contribution in [-0.4, -0.2) is 30.0 Å². The van der Waals surface area contributed by atoms with Crippen LogP contribution in [0, 0.1) is 5.41 Å². The number of amides is 1. The van der Waals surface area contributed by atoms with Crippen LogP contribution in [0.4, 0.5) is 0 Å². The number of thioether (sulfide) groups is 1. The van der Waals surface area contributed by atoms with Crippen LogP contribution >= 0.6 is 11.8 Å². The molecule has 2 rings (SSSR count). The molecule has 1 amide bonds. The molecule has 0 radical (unpaired) electrons. The van der Waals surface area contributed by atoms with Crippen molar-refractivity contribution in [2.45, 2.75) is 39.3 Å². The molecule has 2 atom stereocenters. The van der Waals surface area contributed by atoms with Crippen LogP contribution < -0.4 is 10.6 Å². The predicted molar refractivity (Wildman–Crippen MR) is 90.5 cm³/mol. The van der Waals surface area contributed by atoms with Crippen molar-refractivity contribution in [3.8, 4) is 0 Å². The maximum absolute atomic E-state index is 12.5. The quantitative estimate of drug-likeness (QED) is 0.898. The first-order chi connectivity index (χ1) is 9.96. The molecular formula is C17H26N2OS. The lowest BCUT2D eigenvalue weighted by atomic mass is 9.85. The van der Waals surface area contributed by atoms with Gasteiger partial charge in [0.25, 0.3) is 0 Å². The Morgan fingerprint density at radius 1 is 1.38 bits per heavy atom. The zero-order valence-electron chi connectivity index (χ0n) is 13.2. The zero-order valence-corrected chi connectivity index (χ0v) is 14.0. The molecule has 0 spiro atoms. The van der Waals surface area contributed by atoms with Crippen molar-refractivity contribution >= 4 is 17.7 Å². The smallest absolute Gasteiger partial charge is 0.238 e. The van der Waals surface area contributed by atoms with Crippen molar-refractivity contribution in [3.63, 3.8) is 0 Å². The Labute approximate surface area is 132 Å². The van der Waals surface area contributed by atoms with Crippen molar-refractivity contribution in [2.75, 3.05) is 18.1 Å². The number of hydrogen-bond donors (Lipinski definition) is 2. The Bertz CT molecular complexity index is 450. The predicted octanol–water partition coefficient (Wildman–Crippen LogP) is 2.99. The molecule has 0 bridgehead atoms. The largest absolute Gasteiger partial charge is 0.348 e. The van der Waals surface area contributed by atoms with Crippen LogP contribution in [0.3, 0.4) is 0 Å². The average molecular weight is 306 g/mol. The van der Waals surface area contributed by atoms with Gasteiger partial charge in [-0.2, -0.15) is 11.8 Å². The molecule has 1 fully saturated rings. The lowest BCUT2D eigenvalue weighted by molar-refractivity contribution is -0.123. The Balaban J connectivity index is 2.06. The normalized spacial score (nSPS) is 20.8. The van der Waals surface area contributed by atoms with Crippen LogP contribution in [0.15, 0.2) is 30.3 Å². The number of benzene rings is 1. The van der Waals surface area contributed by atoms with E-state index in [0.29, 0.717) is 0 Å². The third-order valence-electron chi connectivity index (χ3n) is 3.57. The summed E-state index contributed by atoms with van der Waals surface area (Å²) < 4.78 is 0. The Morgan fingerprint density at radius 2 is 2.10 bits per heavy atom. The first-order valence-corrected chi connectivity index (χ1v) is 8.78. The number of rotatable bonds is 4. The van der Waals surface area contributed by atoms with E-state index >= 15 is 0 Å². The molecule has 1 aliphatic heterocycles. The van der Waals surface area contributed by atoms with Gasteiger partial charge in [-0.1, -0.05) is 51.1 Å². The van der Waals surface area contributed by atoms with Crippen LogP contribution in [0.5, 0.6) is 0 Å². The minimum Gasteiger partial charge on any atom is -0.348 e. The summed E-state index contributed by atoms with van der Waals surface area (Å²) in [5.41, 5.74) is 1.35. The SMILES string of the molecule is CC(C)(C)CC(NC(=O)C1CSCCN1)c1ccccc1. The van der Waals surface area contributed by atoms with Gasteiger partial charge in [-0.25, -0.2) is 0 Å². The molecule has 1 aromatic carbocycles. The Morgan fingerprint density at radius 3 is 2.67 bits per heavy atom. The minimum atomic E-state index is -0.0602. The van der Waals surface area contributed by atoms with E-state index < -0.39 is 0 Å². The first-order valence-electron chi connectivity index (χ1n) is 7.62. The number of carbonyl (C=O) groups is 1. The van der Waals surface area contributed by atoms with E-state index in [0.717, 1.165) is 24.5 Å². The molecule has 1 aromatic rings. The lowest BCUT2D eigenvalue weighted by Gasteiger charge is -2.30. The summed E-state index contributed by atoms with van der Waals surface area (Å²) in [7, 11) is 0. The summed E-state index contributed by atoms with van der Waals surface area (Å²) in [5, 5.41) is 6.55. The van der Waals surface area contributed by atoms with Gasteiger partial charge in [0.1, 0.15) is 0 Å². The second kappa shape index (κ2) is 7.32. The molecule has 0 aliphatic carbocycles. The molecule has 0 saturated carbocycles. The fraction of sp³-hybridized carbons (Fsp3) is 0.588. The van der Waals surface area contributed by atoms with Gasteiger partial charge in [0.05, 0.1) is 12.1 Å². The summed E-state index contributed by atoms with van der Waals surface area (Å²) in [6, 6.07) is 10.3. The van der Waals surface area contributed by atoms with Crippen molar-refractivity contribution < 1.29 is 4.79 Å². The van der Waals surface area contributed by atoms with Gasteiger partial charge < -0.3 is 10.6 Å². The van der Waals surface area contributed by atoms with Crippen molar-refractivity contribution in [1.82, 2.24) is 10.6 Å². The van der Waals surface area contributed by atoms with E-state index in [2.05, 4.69) is 43.5 Å². The highest BCUT2D eigenvalue weighted by Crippen LogP contribution is 2.29. The minimum absolute atomic E-state index is 0.0602. The van der Waals surface area contributed by atoms with Crippen LogP contribution in [0.25, 0.3) is 0 Å². The lowest BCUT2D eigenvalue weighted by Crippen LogP contribution is -2.50. The van der Waals surface area contributed by atoms with E-state index in [4.69, 9.17) is 0 Å². The van der Waals surface area contributed by atoms with E-state index in [9.17, 15) is 4.79 Å². The van der Waals surface area contributed by atoms with Crippen molar-refractivity contribution in [1.29, 1.82) is 0 Å². The molecule has 4 heteroatoms. The summed E-state index contributed by atoms with van der Waals surface area (Å²) in [5.74, 6) is 2.08. The van der Waals surface area contributed by atoms with E-state index in [1.165, 1.54) is 5.56 Å². The molecule has 3 nitrogen and oxygen atoms in total. The molecular weight excluding hydrogens is 280 g/mol. The molecule has 0 aromatic heterocycles. The zero-order chi connectivity index (χ0) is 15.3. The fourth-order valence-corrected chi connectivity index (χ4v) is 3.49. The molecule has 21 heavy (non-hydrogen) atoms. The van der Waals surface area contributed by atoms with E-state index in [-0.39, 0.29) is 23.4 Å². The molecule has 1 saturated heterocycles. The average Bonchev–Trinajstić information content (AvgIpc) is 2.47. The maximum Gasteiger partial charge on any atom is 0.238 e. The maximum atomic E-state index is 12.5. The van der Waals surface area contributed by atoms with E-state index in [1.807, 2.05) is 30.0 Å². The number of nitrogens with one attached hydrogen (secondary N) is 2. The highest BCUT2D eigenvalue weighted by molar-refractivity contribution is 7.99. The molecule has 1 heterocycles. The van der Waals surface area contributed by atoms with Crippen LogP contribution in [-0.2, 0) is 4.79 Å². The van der Waals surface area contributed by atoms with Gasteiger partial charge in [-0.05, 0) is 17.4 Å². The van der Waals surface area contributed by atoms with E-state index in [1.54, 1.807) is 0 Å². The van der Waals surface area contributed by atoms with Gasteiger partial charge >= 0.3 is 0 Å². The van der Waals surface area contributed by atoms with Gasteiger partial charge in [-0.3, -0.25) is 4.79 Å². The van der Waals surface area contributed by atoms with Crippen LogP contribution in [0.1, 0.15) is 38.8 Å². The molecule has 116 valence electrons. The third kappa shape index (κ3) is 5.36. The molecule has 2 N–H and O–H groups in total. The number of hydrogen-bond acceptors (Lipinski definition) is 3. The highest BCUT2D eigenvalue weighted by atomic mass is 32.2. The van der Waals surface area contributed by atoms with Crippen molar-refractivity contribution in [2.24, 2.45) is 5.41 Å². The summed E-state index contributed by atoms with van der Waals surface area (Å²) in [4.78, 5) is 12.5.